The molecule has 0 saturated carbocycles. The number of para-hydroxylation sites is 1. The van der Waals surface area contributed by atoms with Crippen molar-refractivity contribution in [1.29, 1.82) is 0 Å². The molecule has 4 nitrogen and oxygen atoms in total. The van der Waals surface area contributed by atoms with Gasteiger partial charge in [-0.25, -0.2) is 0 Å². The summed E-state index contributed by atoms with van der Waals surface area (Å²) in [7, 11) is 0. The number of thioether (sulfide) groups is 1. The molecule has 2 amide bonds. The van der Waals surface area contributed by atoms with E-state index in [1.807, 2.05) is 0 Å². The van der Waals surface area contributed by atoms with Crippen LogP contribution >= 0.6 is 35.6 Å². The quantitative estimate of drug-likeness (QED) is 0.467. The monoisotopic (exact) mass is 470 g/mol. The first-order valence-electron chi connectivity index (χ1n) is 8.57. The van der Waals surface area contributed by atoms with Crippen LogP contribution in [0.4, 0.5) is 18.9 Å². The lowest BCUT2D eigenvalue weighted by Crippen LogP contribution is -2.44. The number of benzene rings is 2. The molecule has 0 radical (unpaired) electrons. The van der Waals surface area contributed by atoms with Crippen LogP contribution in [-0.4, -0.2) is 27.1 Å². The van der Waals surface area contributed by atoms with E-state index in [1.165, 1.54) is 19.1 Å². The largest absolute Gasteiger partial charge is 0.418 e. The van der Waals surface area contributed by atoms with Crippen LogP contribution in [0.5, 0.6) is 0 Å². The minimum absolute atomic E-state index is 0.145. The molecule has 2 aromatic rings. The van der Waals surface area contributed by atoms with Gasteiger partial charge in [0.15, 0.2) is 0 Å². The maximum atomic E-state index is 13.2. The molecule has 1 aliphatic heterocycles. The molecule has 0 bridgehead atoms. The van der Waals surface area contributed by atoms with Gasteiger partial charge in [-0.3, -0.25) is 14.5 Å². The average molecular weight is 471 g/mol. The molecule has 156 valence electrons. The first-order valence-corrected chi connectivity index (χ1v) is 10.2. The molecule has 1 atom stereocenters. The summed E-state index contributed by atoms with van der Waals surface area (Å²) in [6, 6.07) is 10.3. The summed E-state index contributed by atoms with van der Waals surface area (Å²) in [5.41, 5.74) is -0.640. The summed E-state index contributed by atoms with van der Waals surface area (Å²) in [4.78, 5) is 26.8. The number of thiocarbonyl (C=S) groups is 1. The fourth-order valence-electron chi connectivity index (χ4n) is 2.72. The van der Waals surface area contributed by atoms with Crippen LogP contribution in [-0.2, 0) is 15.8 Å². The normalized spacial score (nSPS) is 16.8. The predicted octanol–water partition coefficient (Wildman–Crippen LogP) is 5.59. The smallest absolute Gasteiger partial charge is 0.324 e. The fourth-order valence-corrected chi connectivity index (χ4v) is 4.26. The van der Waals surface area contributed by atoms with Crippen molar-refractivity contribution in [3.63, 3.8) is 0 Å². The van der Waals surface area contributed by atoms with Crippen molar-refractivity contribution in [2.75, 3.05) is 5.32 Å². The number of nitrogens with zero attached hydrogens (tertiary/aromatic N) is 1. The average Bonchev–Trinajstić information content (AvgIpc) is 2.95. The lowest BCUT2D eigenvalue weighted by Gasteiger charge is -2.23. The second-order valence-corrected chi connectivity index (χ2v) is 8.42. The van der Waals surface area contributed by atoms with Crippen LogP contribution in [0.25, 0.3) is 6.08 Å². The lowest BCUT2D eigenvalue weighted by molar-refractivity contribution is -0.137. The highest BCUT2D eigenvalue weighted by molar-refractivity contribution is 8.26. The second kappa shape index (κ2) is 8.79. The van der Waals surface area contributed by atoms with Gasteiger partial charge in [0.25, 0.3) is 5.91 Å². The van der Waals surface area contributed by atoms with Gasteiger partial charge < -0.3 is 5.32 Å². The van der Waals surface area contributed by atoms with Crippen LogP contribution in [0.15, 0.2) is 53.4 Å². The van der Waals surface area contributed by atoms with E-state index < -0.39 is 29.6 Å². The van der Waals surface area contributed by atoms with E-state index in [1.54, 1.807) is 30.3 Å². The molecule has 0 aliphatic carbocycles. The Labute approximate surface area is 185 Å². The molecule has 30 heavy (non-hydrogen) atoms. The van der Waals surface area contributed by atoms with Gasteiger partial charge in [-0.2, -0.15) is 13.2 Å². The van der Waals surface area contributed by atoms with Gasteiger partial charge in [-0.05, 0) is 42.8 Å². The highest BCUT2D eigenvalue weighted by Crippen LogP contribution is 2.36. The zero-order valence-corrected chi connectivity index (χ0v) is 17.8. The van der Waals surface area contributed by atoms with Crippen LogP contribution in [0, 0.1) is 0 Å². The highest BCUT2D eigenvalue weighted by Gasteiger charge is 2.39. The van der Waals surface area contributed by atoms with E-state index in [2.05, 4.69) is 5.32 Å². The molecule has 0 aromatic heterocycles. The maximum Gasteiger partial charge on any atom is 0.418 e. The molecule has 3 rings (SSSR count). The summed E-state index contributed by atoms with van der Waals surface area (Å²) in [6.07, 6.45) is -3.02. The van der Waals surface area contributed by atoms with E-state index in [0.29, 0.717) is 9.93 Å². The third kappa shape index (κ3) is 4.85. The van der Waals surface area contributed by atoms with E-state index in [-0.39, 0.29) is 10.0 Å². The molecule has 1 aliphatic rings. The number of anilines is 1. The number of carbonyl (C=O) groups is 2. The first kappa shape index (κ1) is 22.3. The maximum absolute atomic E-state index is 13.2. The summed E-state index contributed by atoms with van der Waals surface area (Å²) >= 11 is 12.1. The van der Waals surface area contributed by atoms with E-state index in [4.69, 9.17) is 23.8 Å². The Morgan fingerprint density at radius 1 is 1.20 bits per heavy atom. The number of hydrogen-bond acceptors (Lipinski definition) is 4. The van der Waals surface area contributed by atoms with Gasteiger partial charge in [-0.15, -0.1) is 0 Å². The zero-order valence-electron chi connectivity index (χ0n) is 15.4. The first-order chi connectivity index (χ1) is 14.1. The van der Waals surface area contributed by atoms with Crippen molar-refractivity contribution in [3.05, 3.63) is 69.6 Å². The Hall–Kier alpha value is -2.36. The van der Waals surface area contributed by atoms with Crippen LogP contribution in [0.3, 0.4) is 0 Å². The predicted molar refractivity (Wildman–Crippen MR) is 116 cm³/mol. The summed E-state index contributed by atoms with van der Waals surface area (Å²) in [5, 5.41) is 2.80. The third-order valence-electron chi connectivity index (χ3n) is 4.25. The van der Waals surface area contributed by atoms with Gasteiger partial charge >= 0.3 is 6.18 Å². The van der Waals surface area contributed by atoms with Crippen LogP contribution in [0.2, 0.25) is 5.02 Å². The lowest BCUT2D eigenvalue weighted by atomic mass is 10.1. The van der Waals surface area contributed by atoms with E-state index >= 15 is 0 Å². The van der Waals surface area contributed by atoms with Gasteiger partial charge in [0.05, 0.1) is 16.2 Å². The molecule has 1 fully saturated rings. The number of rotatable bonds is 4. The SMILES string of the molecule is CC(C(=O)Nc1ccccc1C(F)(F)F)N1C(=O)/C(=C/c2ccc(Cl)cc2)SC1=S. The standard InChI is InChI=1S/C20H14ClF3N2O2S2/c1-11(17(27)25-15-5-3-2-4-14(15)20(22,23)24)26-18(28)16(30-19(26)29)10-12-6-8-13(21)9-7-12/h2-11H,1H3,(H,25,27)/b16-10-. The third-order valence-corrected chi connectivity index (χ3v) is 5.83. The number of hydrogen-bond donors (Lipinski definition) is 1. The van der Waals surface area contributed by atoms with Crippen LogP contribution in [0.1, 0.15) is 18.1 Å². The Morgan fingerprint density at radius 2 is 1.83 bits per heavy atom. The highest BCUT2D eigenvalue weighted by atomic mass is 35.5. The van der Waals surface area contributed by atoms with Gasteiger partial charge in [-0.1, -0.05) is 59.8 Å². The molecule has 1 saturated heterocycles. The van der Waals surface area contributed by atoms with Gasteiger partial charge in [0.1, 0.15) is 10.4 Å². The summed E-state index contributed by atoms with van der Waals surface area (Å²) in [5.74, 6) is -1.28. The molecule has 1 N–H and O–H groups in total. The molecule has 2 aromatic carbocycles. The van der Waals surface area contributed by atoms with Gasteiger partial charge in [0.2, 0.25) is 5.91 Å². The Bertz CT molecular complexity index is 1040. The van der Waals surface area contributed by atoms with Crippen molar-refractivity contribution in [3.8, 4) is 0 Å². The topological polar surface area (TPSA) is 49.4 Å². The van der Waals surface area contributed by atoms with Crippen molar-refractivity contribution in [1.82, 2.24) is 4.90 Å². The Morgan fingerprint density at radius 3 is 2.47 bits per heavy atom. The Balaban J connectivity index is 1.79. The minimum Gasteiger partial charge on any atom is -0.324 e. The number of carbonyl (C=O) groups excluding carboxylic acids is 2. The van der Waals surface area contributed by atoms with Crippen molar-refractivity contribution in [2.45, 2.75) is 19.1 Å². The number of halogens is 4. The fraction of sp³-hybridized carbons (Fsp3) is 0.150. The van der Waals surface area contributed by atoms with Gasteiger partial charge in [0, 0.05) is 5.02 Å². The molecule has 0 spiro atoms. The number of alkyl halides is 3. The summed E-state index contributed by atoms with van der Waals surface area (Å²) < 4.78 is 39.6. The minimum atomic E-state index is -4.63. The molecular weight excluding hydrogens is 457 g/mol. The second-order valence-electron chi connectivity index (χ2n) is 6.31. The Kier molecular flexibility index (Phi) is 6.54. The van der Waals surface area contributed by atoms with E-state index in [0.717, 1.165) is 34.4 Å². The van der Waals surface area contributed by atoms with Crippen molar-refractivity contribution in [2.24, 2.45) is 0 Å². The van der Waals surface area contributed by atoms with E-state index in [9.17, 15) is 22.8 Å². The summed E-state index contributed by atoms with van der Waals surface area (Å²) in [6.45, 7) is 1.40. The number of nitrogens with one attached hydrogen (secondary N) is 1. The van der Waals surface area contributed by atoms with Crippen molar-refractivity contribution >= 4 is 63.5 Å². The molecular formula is C20H14ClF3N2O2S2. The number of amides is 2. The molecule has 1 unspecified atom stereocenters. The molecule has 10 heteroatoms. The van der Waals surface area contributed by atoms with Crippen LogP contribution < -0.4 is 5.32 Å². The molecule has 1 heterocycles. The van der Waals surface area contributed by atoms with Crippen molar-refractivity contribution < 1.29 is 22.8 Å². The zero-order chi connectivity index (χ0) is 22.1.